The highest BCUT2D eigenvalue weighted by Gasteiger charge is 2.33. The molecule has 0 saturated carbocycles. The zero-order valence-electron chi connectivity index (χ0n) is 18.9. The minimum absolute atomic E-state index is 0. The molecule has 8 heteroatoms. The first-order valence-electron chi connectivity index (χ1n) is 10.6. The molecule has 3 atom stereocenters. The van der Waals surface area contributed by atoms with Crippen molar-refractivity contribution in [1.29, 1.82) is 0 Å². The van der Waals surface area contributed by atoms with Crippen molar-refractivity contribution in [3.05, 3.63) is 18.0 Å². The molecule has 2 fully saturated rings. The van der Waals surface area contributed by atoms with Gasteiger partial charge in [-0.25, -0.2) is 0 Å². The zero-order valence-corrected chi connectivity index (χ0v) is 21.2. The van der Waals surface area contributed by atoms with Gasteiger partial charge in [0.1, 0.15) is 6.10 Å². The molecule has 2 aliphatic rings. The van der Waals surface area contributed by atoms with Crippen LogP contribution in [0.1, 0.15) is 45.8 Å². The summed E-state index contributed by atoms with van der Waals surface area (Å²) in [6, 6.07) is 0. The summed E-state index contributed by atoms with van der Waals surface area (Å²) in [7, 11) is 3.81. The van der Waals surface area contributed by atoms with E-state index in [1.54, 1.807) is 0 Å². The molecule has 0 aliphatic carbocycles. The first-order valence-corrected chi connectivity index (χ1v) is 10.6. The Hall–Kier alpha value is -0.870. The normalized spacial score (nSPS) is 26.9. The number of halogens is 1. The van der Waals surface area contributed by atoms with E-state index in [1.807, 2.05) is 31.2 Å². The van der Waals surface area contributed by atoms with Gasteiger partial charge in [-0.3, -0.25) is 14.6 Å². The number of aliphatic imine (C=N–C) groups is 1. The smallest absolute Gasteiger partial charge is 0.193 e. The van der Waals surface area contributed by atoms with Crippen molar-refractivity contribution < 1.29 is 4.74 Å². The Morgan fingerprint density at radius 2 is 1.97 bits per heavy atom. The van der Waals surface area contributed by atoms with Crippen LogP contribution in [-0.4, -0.2) is 77.5 Å². The number of piperidine rings is 1. The fraction of sp³-hybridized carbons (Fsp3) is 0.810. The Morgan fingerprint density at radius 1 is 1.28 bits per heavy atom. The molecule has 0 bridgehead atoms. The summed E-state index contributed by atoms with van der Waals surface area (Å²) < 4.78 is 7.81. The molecule has 0 radical (unpaired) electrons. The second kappa shape index (κ2) is 10.4. The Labute approximate surface area is 193 Å². The summed E-state index contributed by atoms with van der Waals surface area (Å²) in [5, 5.41) is 7.92. The van der Waals surface area contributed by atoms with E-state index < -0.39 is 0 Å². The molecule has 0 amide bonds. The quantitative estimate of drug-likeness (QED) is 0.378. The van der Waals surface area contributed by atoms with E-state index in [2.05, 4.69) is 52.9 Å². The monoisotopic (exact) mass is 518 g/mol. The molecule has 3 heterocycles. The Kier molecular flexibility index (Phi) is 8.78. The van der Waals surface area contributed by atoms with Gasteiger partial charge in [-0.1, -0.05) is 13.8 Å². The van der Waals surface area contributed by atoms with Crippen molar-refractivity contribution >= 4 is 29.9 Å². The minimum atomic E-state index is 0. The number of aromatic nitrogens is 2. The van der Waals surface area contributed by atoms with Gasteiger partial charge in [-0.2, -0.15) is 5.10 Å². The lowest BCUT2D eigenvalue weighted by atomic mass is 9.88. The molecule has 0 spiro atoms. The lowest BCUT2D eigenvalue weighted by Gasteiger charge is -2.46. The predicted molar refractivity (Wildman–Crippen MR) is 129 cm³/mol. The molecule has 7 nitrogen and oxygen atoms in total. The first-order chi connectivity index (χ1) is 13.3. The maximum Gasteiger partial charge on any atom is 0.193 e. The van der Waals surface area contributed by atoms with E-state index in [-0.39, 0.29) is 35.6 Å². The Balaban J connectivity index is 0.00000300. The van der Waals surface area contributed by atoms with Crippen molar-refractivity contribution in [2.24, 2.45) is 23.9 Å². The second-order valence-corrected chi connectivity index (χ2v) is 9.32. The number of guanidine groups is 1. The molecule has 2 saturated heterocycles. The minimum Gasteiger partial charge on any atom is -0.370 e. The van der Waals surface area contributed by atoms with Gasteiger partial charge < -0.3 is 15.0 Å². The Bertz CT molecular complexity index is 666. The van der Waals surface area contributed by atoms with E-state index in [0.717, 1.165) is 43.0 Å². The summed E-state index contributed by atoms with van der Waals surface area (Å²) in [6.45, 7) is 15.0. The van der Waals surface area contributed by atoms with Gasteiger partial charge in [0.15, 0.2) is 5.96 Å². The number of ether oxygens (including phenoxy) is 1. The first kappa shape index (κ1) is 24.4. The molecule has 1 N–H and O–H groups in total. The number of nitrogens with zero attached hydrogens (tertiary/aromatic N) is 5. The van der Waals surface area contributed by atoms with Crippen LogP contribution in [0.5, 0.6) is 0 Å². The maximum atomic E-state index is 5.98. The van der Waals surface area contributed by atoms with Crippen molar-refractivity contribution in [1.82, 2.24) is 24.9 Å². The molecular formula is C21H39IN6O. The van der Waals surface area contributed by atoms with Crippen LogP contribution in [0.2, 0.25) is 0 Å². The lowest BCUT2D eigenvalue weighted by molar-refractivity contribution is -0.00858. The zero-order chi connectivity index (χ0) is 20.3. The number of morpholine rings is 1. The van der Waals surface area contributed by atoms with Crippen LogP contribution in [-0.2, 0) is 11.8 Å². The van der Waals surface area contributed by atoms with E-state index in [9.17, 15) is 0 Å². The van der Waals surface area contributed by atoms with Crippen LogP contribution in [0.25, 0.3) is 0 Å². The van der Waals surface area contributed by atoms with E-state index in [1.165, 1.54) is 19.5 Å². The van der Waals surface area contributed by atoms with Crippen LogP contribution in [0.15, 0.2) is 17.4 Å². The van der Waals surface area contributed by atoms with Gasteiger partial charge in [-0.15, -0.1) is 24.0 Å². The van der Waals surface area contributed by atoms with Crippen LogP contribution in [0, 0.1) is 11.8 Å². The number of aryl methyl sites for hydroxylation is 1. The third-order valence-electron chi connectivity index (χ3n) is 6.08. The lowest BCUT2D eigenvalue weighted by Crippen LogP contribution is -2.58. The van der Waals surface area contributed by atoms with Gasteiger partial charge in [-0.05, 0) is 32.1 Å². The molecule has 1 aromatic heterocycles. The molecule has 166 valence electrons. The van der Waals surface area contributed by atoms with Crippen molar-refractivity contribution in [3.8, 4) is 0 Å². The molecular weight excluding hydrogens is 479 g/mol. The second-order valence-electron chi connectivity index (χ2n) is 9.32. The summed E-state index contributed by atoms with van der Waals surface area (Å²) in [5.41, 5.74) is 1.22. The maximum absolute atomic E-state index is 5.98. The number of rotatable bonds is 4. The summed E-state index contributed by atoms with van der Waals surface area (Å²) in [4.78, 5) is 9.51. The van der Waals surface area contributed by atoms with Gasteiger partial charge in [0, 0.05) is 57.6 Å². The molecule has 29 heavy (non-hydrogen) atoms. The van der Waals surface area contributed by atoms with Crippen LogP contribution in [0.3, 0.4) is 0 Å². The molecule has 0 aromatic carbocycles. The number of likely N-dealkylation sites (tertiary alicyclic amines) is 1. The predicted octanol–water partition coefficient (Wildman–Crippen LogP) is 2.74. The van der Waals surface area contributed by atoms with Gasteiger partial charge >= 0.3 is 0 Å². The average Bonchev–Trinajstić information content (AvgIpc) is 3.08. The number of hydrogen-bond donors (Lipinski definition) is 1. The highest BCUT2D eigenvalue weighted by Crippen LogP contribution is 2.27. The SMILES string of the molecule is CN=C(NCC(C)(C)N1CC(C)CC(C)C1)N1CCOC(c2cnn(C)c2)C1.I. The highest BCUT2D eigenvalue weighted by molar-refractivity contribution is 14.0. The van der Waals surface area contributed by atoms with Gasteiger partial charge in [0.2, 0.25) is 0 Å². The topological polar surface area (TPSA) is 57.9 Å². The third kappa shape index (κ3) is 6.30. The standard InChI is InChI=1S/C21H38N6O.HI/c1-16-9-17(2)12-27(11-16)21(3,4)15-23-20(22-5)26-7-8-28-19(14-26)18-10-24-25(6)13-18;/h10,13,16-17,19H,7-9,11-12,14-15H2,1-6H3,(H,22,23);1H. The van der Waals surface area contributed by atoms with E-state index in [0.29, 0.717) is 6.61 Å². The molecule has 3 unspecified atom stereocenters. The van der Waals surface area contributed by atoms with Crippen LogP contribution >= 0.6 is 24.0 Å². The molecule has 2 aliphatic heterocycles. The van der Waals surface area contributed by atoms with Gasteiger partial charge in [0.05, 0.1) is 19.3 Å². The van der Waals surface area contributed by atoms with Crippen molar-refractivity contribution in [2.75, 3.05) is 46.4 Å². The fourth-order valence-corrected chi connectivity index (χ4v) is 4.55. The van der Waals surface area contributed by atoms with E-state index >= 15 is 0 Å². The Morgan fingerprint density at radius 3 is 2.55 bits per heavy atom. The van der Waals surface area contributed by atoms with E-state index in [4.69, 9.17) is 4.74 Å². The summed E-state index contributed by atoms with van der Waals surface area (Å²) >= 11 is 0. The summed E-state index contributed by atoms with van der Waals surface area (Å²) in [5.74, 6) is 2.49. The average molecular weight is 518 g/mol. The summed E-state index contributed by atoms with van der Waals surface area (Å²) in [6.07, 6.45) is 5.31. The fourth-order valence-electron chi connectivity index (χ4n) is 4.55. The van der Waals surface area contributed by atoms with Crippen LogP contribution < -0.4 is 5.32 Å². The molecule has 1 aromatic rings. The van der Waals surface area contributed by atoms with Gasteiger partial charge in [0.25, 0.3) is 0 Å². The number of nitrogens with one attached hydrogen (secondary N) is 1. The highest BCUT2D eigenvalue weighted by atomic mass is 127. The number of hydrogen-bond acceptors (Lipinski definition) is 4. The largest absolute Gasteiger partial charge is 0.370 e. The third-order valence-corrected chi connectivity index (χ3v) is 6.08. The molecule has 3 rings (SSSR count). The van der Waals surface area contributed by atoms with Crippen molar-refractivity contribution in [2.45, 2.75) is 45.8 Å². The van der Waals surface area contributed by atoms with Crippen LogP contribution in [0.4, 0.5) is 0 Å². The van der Waals surface area contributed by atoms with Crippen molar-refractivity contribution in [3.63, 3.8) is 0 Å².